The van der Waals surface area contributed by atoms with E-state index >= 15 is 0 Å². The molecule has 0 aliphatic heterocycles. The molecule has 0 amide bonds. The zero-order valence-electron chi connectivity index (χ0n) is 10.6. The molecule has 6 heteroatoms. The van der Waals surface area contributed by atoms with Gasteiger partial charge in [-0.2, -0.15) is 0 Å². The van der Waals surface area contributed by atoms with Crippen molar-refractivity contribution in [3.05, 3.63) is 69.5 Å². The first-order valence-electron chi connectivity index (χ1n) is 5.95. The van der Waals surface area contributed by atoms with Crippen LogP contribution in [0.5, 0.6) is 5.75 Å². The fourth-order valence-corrected chi connectivity index (χ4v) is 1.71. The van der Waals surface area contributed by atoms with Crippen molar-refractivity contribution in [3.8, 4) is 5.75 Å². The number of nitrogens with two attached hydrogens (primary N) is 1. The quantitative estimate of drug-likeness (QED) is 0.672. The van der Waals surface area contributed by atoms with E-state index in [1.54, 1.807) is 18.2 Å². The summed E-state index contributed by atoms with van der Waals surface area (Å²) in [6.07, 6.45) is 0. The fourth-order valence-electron chi connectivity index (χ4n) is 1.71. The predicted molar refractivity (Wildman–Crippen MR) is 71.7 cm³/mol. The van der Waals surface area contributed by atoms with E-state index in [1.807, 2.05) is 0 Å². The Morgan fingerprint density at radius 2 is 2.00 bits per heavy atom. The van der Waals surface area contributed by atoms with E-state index in [9.17, 15) is 14.5 Å². The molecule has 0 saturated heterocycles. The normalized spacial score (nSPS) is 10.3. The van der Waals surface area contributed by atoms with Crippen LogP contribution in [0.25, 0.3) is 0 Å². The van der Waals surface area contributed by atoms with E-state index in [0.717, 1.165) is 0 Å². The third-order valence-electron chi connectivity index (χ3n) is 2.75. The van der Waals surface area contributed by atoms with Crippen molar-refractivity contribution in [3.63, 3.8) is 0 Å². The number of hydrogen-bond donors (Lipinski definition) is 1. The van der Waals surface area contributed by atoms with Crippen LogP contribution in [0.15, 0.2) is 42.5 Å². The Bertz CT molecular complexity index is 632. The van der Waals surface area contributed by atoms with Gasteiger partial charge in [0.2, 0.25) is 0 Å². The Balaban J connectivity index is 2.09. The second kappa shape index (κ2) is 6.12. The van der Waals surface area contributed by atoms with Crippen LogP contribution in [0, 0.1) is 15.9 Å². The lowest BCUT2D eigenvalue weighted by atomic mass is 10.2. The third-order valence-corrected chi connectivity index (χ3v) is 2.75. The highest BCUT2D eigenvalue weighted by Crippen LogP contribution is 2.20. The maximum atomic E-state index is 13.7. The minimum Gasteiger partial charge on any atom is -0.486 e. The summed E-state index contributed by atoms with van der Waals surface area (Å²) in [6.45, 7) is 0.308. The molecule has 2 N–H and O–H groups in total. The zero-order chi connectivity index (χ0) is 14.5. The summed E-state index contributed by atoms with van der Waals surface area (Å²) >= 11 is 0. The van der Waals surface area contributed by atoms with Crippen molar-refractivity contribution in [1.82, 2.24) is 0 Å². The molecule has 104 valence electrons. The smallest absolute Gasteiger partial charge is 0.269 e. The van der Waals surface area contributed by atoms with Crippen molar-refractivity contribution in [2.75, 3.05) is 0 Å². The molecular weight excluding hydrogens is 263 g/mol. The van der Waals surface area contributed by atoms with Gasteiger partial charge in [0.1, 0.15) is 6.61 Å². The number of halogens is 1. The van der Waals surface area contributed by atoms with Crippen molar-refractivity contribution >= 4 is 5.69 Å². The number of ether oxygens (including phenoxy) is 1. The summed E-state index contributed by atoms with van der Waals surface area (Å²) < 4.78 is 19.0. The molecule has 2 aromatic carbocycles. The second-order valence-electron chi connectivity index (χ2n) is 4.18. The Hall–Kier alpha value is -2.47. The van der Waals surface area contributed by atoms with Gasteiger partial charge >= 0.3 is 0 Å². The number of non-ortho nitro benzene ring substituents is 1. The zero-order valence-corrected chi connectivity index (χ0v) is 10.6. The fraction of sp³-hybridized carbons (Fsp3) is 0.143. The highest BCUT2D eigenvalue weighted by Gasteiger charge is 2.08. The average Bonchev–Trinajstić information content (AvgIpc) is 2.46. The SMILES string of the molecule is NCc1ccc(OCc2cccc([N+](=O)[O-])c2)c(F)c1. The number of hydrogen-bond acceptors (Lipinski definition) is 4. The summed E-state index contributed by atoms with van der Waals surface area (Å²) in [5, 5.41) is 10.6. The number of nitro benzene ring substituents is 1. The molecule has 0 spiro atoms. The Kier molecular flexibility index (Phi) is 4.27. The highest BCUT2D eigenvalue weighted by molar-refractivity contribution is 5.34. The molecule has 5 nitrogen and oxygen atoms in total. The van der Waals surface area contributed by atoms with Crippen LogP contribution in [0.2, 0.25) is 0 Å². The minimum absolute atomic E-state index is 0.0231. The van der Waals surface area contributed by atoms with E-state index in [4.69, 9.17) is 10.5 Å². The van der Waals surface area contributed by atoms with Crippen molar-refractivity contribution < 1.29 is 14.1 Å². The summed E-state index contributed by atoms with van der Waals surface area (Å²) in [5.41, 5.74) is 6.65. The van der Waals surface area contributed by atoms with E-state index < -0.39 is 10.7 Å². The Morgan fingerprint density at radius 3 is 2.65 bits per heavy atom. The maximum absolute atomic E-state index is 13.7. The third kappa shape index (κ3) is 3.30. The van der Waals surface area contributed by atoms with E-state index in [-0.39, 0.29) is 24.6 Å². The maximum Gasteiger partial charge on any atom is 0.269 e. The van der Waals surface area contributed by atoms with Gasteiger partial charge in [0.05, 0.1) is 4.92 Å². The van der Waals surface area contributed by atoms with Gasteiger partial charge in [-0.1, -0.05) is 18.2 Å². The van der Waals surface area contributed by atoms with Gasteiger partial charge in [-0.15, -0.1) is 0 Å². The van der Waals surface area contributed by atoms with Gasteiger partial charge in [-0.05, 0) is 23.3 Å². The molecular formula is C14H13FN2O3. The first-order chi connectivity index (χ1) is 9.60. The van der Waals surface area contributed by atoms with Crippen LogP contribution in [-0.4, -0.2) is 4.92 Å². The van der Waals surface area contributed by atoms with Crippen LogP contribution in [0.3, 0.4) is 0 Å². The van der Waals surface area contributed by atoms with Gasteiger partial charge in [0, 0.05) is 18.7 Å². The Labute approximate surface area is 114 Å². The number of rotatable bonds is 5. The molecule has 0 aliphatic rings. The highest BCUT2D eigenvalue weighted by atomic mass is 19.1. The minimum atomic E-state index is -0.501. The van der Waals surface area contributed by atoms with Crippen LogP contribution >= 0.6 is 0 Å². The largest absolute Gasteiger partial charge is 0.486 e. The average molecular weight is 276 g/mol. The van der Waals surface area contributed by atoms with Gasteiger partial charge in [0.15, 0.2) is 11.6 Å². The van der Waals surface area contributed by atoms with Crippen LogP contribution < -0.4 is 10.5 Å². The number of nitro groups is 1. The Morgan fingerprint density at radius 1 is 1.20 bits per heavy atom. The van der Waals surface area contributed by atoms with E-state index in [0.29, 0.717) is 11.1 Å². The summed E-state index contributed by atoms with van der Waals surface area (Å²) in [4.78, 5) is 10.2. The first-order valence-corrected chi connectivity index (χ1v) is 5.95. The second-order valence-corrected chi connectivity index (χ2v) is 4.18. The van der Waals surface area contributed by atoms with Crippen molar-refractivity contribution in [1.29, 1.82) is 0 Å². The van der Waals surface area contributed by atoms with Crippen LogP contribution in [-0.2, 0) is 13.2 Å². The standard InChI is InChI=1S/C14H13FN2O3/c15-13-7-10(8-16)4-5-14(13)20-9-11-2-1-3-12(6-11)17(18)19/h1-7H,8-9,16H2. The number of nitrogens with zero attached hydrogens (tertiary/aromatic N) is 1. The van der Waals surface area contributed by atoms with Crippen molar-refractivity contribution in [2.45, 2.75) is 13.2 Å². The number of benzene rings is 2. The molecule has 0 saturated carbocycles. The topological polar surface area (TPSA) is 78.4 Å². The molecule has 0 heterocycles. The van der Waals surface area contributed by atoms with Crippen LogP contribution in [0.4, 0.5) is 10.1 Å². The molecule has 20 heavy (non-hydrogen) atoms. The molecule has 0 radical (unpaired) electrons. The molecule has 2 rings (SSSR count). The lowest BCUT2D eigenvalue weighted by Gasteiger charge is -2.08. The molecule has 2 aromatic rings. The molecule has 0 aromatic heterocycles. The van der Waals surface area contributed by atoms with Gasteiger partial charge in [-0.3, -0.25) is 10.1 Å². The van der Waals surface area contributed by atoms with Crippen LogP contribution in [0.1, 0.15) is 11.1 Å². The monoisotopic (exact) mass is 276 g/mol. The van der Waals surface area contributed by atoms with Gasteiger partial charge in [-0.25, -0.2) is 4.39 Å². The van der Waals surface area contributed by atoms with E-state index in [1.165, 1.54) is 24.3 Å². The van der Waals surface area contributed by atoms with Gasteiger partial charge in [0.25, 0.3) is 5.69 Å². The molecule has 0 fully saturated rings. The van der Waals surface area contributed by atoms with E-state index in [2.05, 4.69) is 0 Å². The first kappa shape index (κ1) is 14.0. The molecule has 0 bridgehead atoms. The lowest BCUT2D eigenvalue weighted by molar-refractivity contribution is -0.384. The van der Waals surface area contributed by atoms with Gasteiger partial charge < -0.3 is 10.5 Å². The summed E-state index contributed by atoms with van der Waals surface area (Å²) in [7, 11) is 0. The molecule has 0 unspecified atom stereocenters. The van der Waals surface area contributed by atoms with Crippen molar-refractivity contribution in [2.24, 2.45) is 5.73 Å². The summed E-state index contributed by atoms with van der Waals surface area (Å²) in [6, 6.07) is 10.5. The molecule has 0 aliphatic carbocycles. The summed E-state index contributed by atoms with van der Waals surface area (Å²) in [5.74, 6) is -0.410. The predicted octanol–water partition coefficient (Wildman–Crippen LogP) is 2.77. The lowest BCUT2D eigenvalue weighted by Crippen LogP contribution is -2.01. The molecule has 0 atom stereocenters.